The molecule has 0 aliphatic rings. The van der Waals surface area contributed by atoms with Crippen LogP contribution in [0.4, 0.5) is 4.39 Å². The van der Waals surface area contributed by atoms with Crippen LogP contribution in [0.2, 0.25) is 0 Å². The molecule has 1 aromatic carbocycles. The molecule has 2 rings (SSSR count). The molecule has 2 aromatic rings. The highest BCUT2D eigenvalue weighted by atomic mass is 19.1. The molecule has 0 radical (unpaired) electrons. The van der Waals surface area contributed by atoms with Gasteiger partial charge in [-0.25, -0.2) is 9.37 Å². The van der Waals surface area contributed by atoms with E-state index in [-0.39, 0.29) is 24.2 Å². The summed E-state index contributed by atoms with van der Waals surface area (Å²) in [5.74, 6) is 0.141. The van der Waals surface area contributed by atoms with Crippen molar-refractivity contribution < 1.29 is 9.18 Å². The molecule has 1 unspecified atom stereocenters. The monoisotopic (exact) mass is 248 g/mol. The van der Waals surface area contributed by atoms with Crippen LogP contribution in [0, 0.1) is 5.82 Å². The van der Waals surface area contributed by atoms with Gasteiger partial charge in [0.25, 0.3) is 0 Å². The first kappa shape index (κ1) is 12.2. The lowest BCUT2D eigenvalue weighted by molar-refractivity contribution is -0.121. The van der Waals surface area contributed by atoms with E-state index in [9.17, 15) is 9.18 Å². The van der Waals surface area contributed by atoms with Crippen LogP contribution >= 0.6 is 0 Å². The van der Waals surface area contributed by atoms with Gasteiger partial charge in [0.1, 0.15) is 18.0 Å². The average Bonchev–Trinajstić information content (AvgIpc) is 2.85. The van der Waals surface area contributed by atoms with Crippen molar-refractivity contribution in [3.05, 3.63) is 47.8 Å². The second kappa shape index (κ2) is 5.39. The lowest BCUT2D eigenvalue weighted by Crippen LogP contribution is -2.28. The summed E-state index contributed by atoms with van der Waals surface area (Å²) in [6, 6.07) is 5.62. The summed E-state index contributed by atoms with van der Waals surface area (Å²) in [7, 11) is 0. The highest BCUT2D eigenvalue weighted by molar-refractivity contribution is 5.78. The zero-order chi connectivity index (χ0) is 13.0. The third-order valence-electron chi connectivity index (χ3n) is 2.50. The van der Waals surface area contributed by atoms with E-state index in [1.54, 1.807) is 12.1 Å². The Morgan fingerprint density at radius 3 is 2.78 bits per heavy atom. The summed E-state index contributed by atoms with van der Waals surface area (Å²) < 4.78 is 12.7. The molecular formula is C12H13FN4O. The molecule has 0 aliphatic heterocycles. The van der Waals surface area contributed by atoms with Gasteiger partial charge in [-0.2, -0.15) is 5.10 Å². The van der Waals surface area contributed by atoms with E-state index in [0.717, 1.165) is 5.56 Å². The van der Waals surface area contributed by atoms with Gasteiger partial charge in [-0.1, -0.05) is 12.1 Å². The van der Waals surface area contributed by atoms with Gasteiger partial charge < -0.3 is 5.32 Å². The first-order valence-corrected chi connectivity index (χ1v) is 5.54. The fourth-order valence-electron chi connectivity index (χ4n) is 1.57. The van der Waals surface area contributed by atoms with E-state index in [1.165, 1.54) is 18.5 Å². The first-order chi connectivity index (χ1) is 8.65. The lowest BCUT2D eigenvalue weighted by Gasteiger charge is -2.10. The van der Waals surface area contributed by atoms with Crippen molar-refractivity contribution in [2.24, 2.45) is 0 Å². The highest BCUT2D eigenvalue weighted by Crippen LogP contribution is 2.07. The largest absolute Gasteiger partial charge is 0.346 e. The molecule has 0 saturated carbocycles. The first-order valence-electron chi connectivity index (χ1n) is 5.54. The number of H-pyrrole nitrogens is 1. The van der Waals surface area contributed by atoms with E-state index in [1.807, 2.05) is 6.92 Å². The smallest absolute Gasteiger partial charge is 0.224 e. The third kappa shape index (κ3) is 3.13. The summed E-state index contributed by atoms with van der Waals surface area (Å²) in [5, 5.41) is 9.18. The molecule has 0 fully saturated rings. The molecule has 0 spiro atoms. The van der Waals surface area contributed by atoms with Crippen molar-refractivity contribution in [3.63, 3.8) is 0 Å². The second-order valence-corrected chi connectivity index (χ2v) is 3.96. The predicted molar refractivity (Wildman–Crippen MR) is 63.0 cm³/mol. The van der Waals surface area contributed by atoms with Crippen molar-refractivity contribution in [1.29, 1.82) is 0 Å². The Morgan fingerprint density at radius 2 is 2.17 bits per heavy atom. The highest BCUT2D eigenvalue weighted by Gasteiger charge is 2.12. The minimum absolute atomic E-state index is 0.148. The number of aromatic amines is 1. The molecule has 94 valence electrons. The maximum absolute atomic E-state index is 12.7. The van der Waals surface area contributed by atoms with Gasteiger partial charge in [-0.15, -0.1) is 0 Å². The molecule has 1 atom stereocenters. The second-order valence-electron chi connectivity index (χ2n) is 3.96. The Kier molecular flexibility index (Phi) is 3.66. The standard InChI is InChI=1S/C12H13FN4O/c1-8(12-14-7-15-17-12)16-11(18)6-9-2-4-10(13)5-3-9/h2-5,7-8H,6H2,1H3,(H,16,18)(H,14,15,17). The number of nitrogens with one attached hydrogen (secondary N) is 2. The number of carbonyl (C=O) groups excluding carboxylic acids is 1. The third-order valence-corrected chi connectivity index (χ3v) is 2.50. The zero-order valence-corrected chi connectivity index (χ0v) is 9.85. The minimum Gasteiger partial charge on any atom is -0.346 e. The normalized spacial score (nSPS) is 12.1. The van der Waals surface area contributed by atoms with Crippen molar-refractivity contribution in [1.82, 2.24) is 20.5 Å². The Balaban J connectivity index is 1.91. The molecule has 1 amide bonds. The van der Waals surface area contributed by atoms with Gasteiger partial charge in [0.15, 0.2) is 0 Å². The van der Waals surface area contributed by atoms with Crippen LogP contribution in [-0.2, 0) is 11.2 Å². The maximum atomic E-state index is 12.7. The summed E-state index contributed by atoms with van der Waals surface area (Å²) in [6.45, 7) is 1.81. The molecule has 1 heterocycles. The van der Waals surface area contributed by atoms with Crippen LogP contribution in [-0.4, -0.2) is 21.1 Å². The molecule has 5 nitrogen and oxygen atoms in total. The topological polar surface area (TPSA) is 70.7 Å². The van der Waals surface area contributed by atoms with Gasteiger partial charge in [0.05, 0.1) is 12.5 Å². The number of amides is 1. The lowest BCUT2D eigenvalue weighted by atomic mass is 10.1. The van der Waals surface area contributed by atoms with Crippen molar-refractivity contribution in [3.8, 4) is 0 Å². The van der Waals surface area contributed by atoms with Gasteiger partial charge in [0.2, 0.25) is 5.91 Å². The summed E-state index contributed by atoms with van der Waals surface area (Å²) >= 11 is 0. The van der Waals surface area contributed by atoms with Gasteiger partial charge in [-0.05, 0) is 24.6 Å². The van der Waals surface area contributed by atoms with E-state index >= 15 is 0 Å². The Labute approximate surface area is 103 Å². The number of halogens is 1. The minimum atomic E-state index is -0.311. The van der Waals surface area contributed by atoms with E-state index in [4.69, 9.17) is 0 Å². The van der Waals surface area contributed by atoms with Crippen molar-refractivity contribution in [2.75, 3.05) is 0 Å². The fourth-order valence-corrected chi connectivity index (χ4v) is 1.57. The van der Waals surface area contributed by atoms with Crippen LogP contribution in [0.3, 0.4) is 0 Å². The van der Waals surface area contributed by atoms with Crippen LogP contribution in [0.5, 0.6) is 0 Å². The molecule has 2 N–H and O–H groups in total. The average molecular weight is 248 g/mol. The van der Waals surface area contributed by atoms with E-state index < -0.39 is 0 Å². The van der Waals surface area contributed by atoms with Crippen LogP contribution < -0.4 is 5.32 Å². The Hall–Kier alpha value is -2.24. The van der Waals surface area contributed by atoms with Gasteiger partial charge in [0, 0.05) is 0 Å². The quantitative estimate of drug-likeness (QED) is 0.858. The Bertz CT molecular complexity index is 509. The summed E-state index contributed by atoms with van der Waals surface area (Å²) in [5.41, 5.74) is 0.763. The fraction of sp³-hybridized carbons (Fsp3) is 0.250. The van der Waals surface area contributed by atoms with Gasteiger partial charge in [-0.3, -0.25) is 9.89 Å². The van der Waals surface area contributed by atoms with Crippen molar-refractivity contribution >= 4 is 5.91 Å². The molecule has 0 aliphatic carbocycles. The SMILES string of the molecule is CC(NC(=O)Cc1ccc(F)cc1)c1ncn[nH]1. The maximum Gasteiger partial charge on any atom is 0.224 e. The number of nitrogens with zero attached hydrogens (tertiary/aromatic N) is 2. The number of hydrogen-bond acceptors (Lipinski definition) is 3. The molecule has 1 aromatic heterocycles. The van der Waals surface area contributed by atoms with Crippen LogP contribution in [0.15, 0.2) is 30.6 Å². The summed E-state index contributed by atoms with van der Waals surface area (Å²) in [4.78, 5) is 15.7. The molecule has 6 heteroatoms. The number of hydrogen-bond donors (Lipinski definition) is 2. The molecule has 18 heavy (non-hydrogen) atoms. The zero-order valence-electron chi connectivity index (χ0n) is 9.85. The molecular weight excluding hydrogens is 235 g/mol. The van der Waals surface area contributed by atoms with E-state index in [0.29, 0.717) is 5.82 Å². The van der Waals surface area contributed by atoms with E-state index in [2.05, 4.69) is 20.5 Å². The molecule has 0 saturated heterocycles. The number of carbonyl (C=O) groups is 1. The number of rotatable bonds is 4. The van der Waals surface area contributed by atoms with Gasteiger partial charge >= 0.3 is 0 Å². The Morgan fingerprint density at radius 1 is 1.44 bits per heavy atom. The number of aromatic nitrogens is 3. The number of benzene rings is 1. The molecule has 0 bridgehead atoms. The van der Waals surface area contributed by atoms with Crippen LogP contribution in [0.1, 0.15) is 24.4 Å². The predicted octanol–water partition coefficient (Wildman–Crippen LogP) is 1.36. The van der Waals surface area contributed by atoms with Crippen LogP contribution in [0.25, 0.3) is 0 Å². The summed E-state index contributed by atoms with van der Waals surface area (Å²) in [6.07, 6.45) is 1.59. The van der Waals surface area contributed by atoms with Crippen molar-refractivity contribution in [2.45, 2.75) is 19.4 Å².